The summed E-state index contributed by atoms with van der Waals surface area (Å²) in [4.78, 5) is 11.0. The summed E-state index contributed by atoms with van der Waals surface area (Å²) in [5, 5.41) is 9.03. The molecule has 100 valence electrons. The highest BCUT2D eigenvalue weighted by atomic mass is 79.9. The first kappa shape index (κ1) is 14.3. The van der Waals surface area contributed by atoms with Crippen molar-refractivity contribution in [1.82, 2.24) is 4.31 Å². The number of hydrogen-bond acceptors (Lipinski definition) is 5. The Balaban J connectivity index is 2.39. The van der Waals surface area contributed by atoms with Crippen molar-refractivity contribution in [3.05, 3.63) is 15.4 Å². The van der Waals surface area contributed by atoms with E-state index < -0.39 is 22.0 Å². The number of sulfonamides is 1. The van der Waals surface area contributed by atoms with E-state index in [1.54, 1.807) is 13.0 Å². The van der Waals surface area contributed by atoms with E-state index in [1.165, 1.54) is 11.8 Å². The fourth-order valence-electron chi connectivity index (χ4n) is 1.53. The first-order valence-corrected chi connectivity index (χ1v) is 9.13. The van der Waals surface area contributed by atoms with Gasteiger partial charge in [0.1, 0.15) is 10.3 Å². The third-order valence-corrected chi connectivity index (χ3v) is 8.14. The number of rotatable bonds is 3. The maximum atomic E-state index is 12.4. The van der Waals surface area contributed by atoms with E-state index in [0.717, 1.165) is 25.0 Å². The molecule has 1 aromatic rings. The summed E-state index contributed by atoms with van der Waals surface area (Å²) in [6, 6.07) is 0.590. The Hall–Kier alpha value is -0.0900. The number of halogens is 1. The minimum absolute atomic E-state index is 0.181. The molecule has 1 atom stereocenters. The molecule has 0 aliphatic carbocycles. The number of thioether (sulfide) groups is 1. The minimum Gasteiger partial charge on any atom is -0.480 e. The lowest BCUT2D eigenvalue weighted by Crippen LogP contribution is -2.41. The fraction of sp³-hybridized carbons (Fsp3) is 0.444. The number of aryl methyl sites for hydroxylation is 1. The highest BCUT2D eigenvalue weighted by molar-refractivity contribution is 9.11. The predicted octanol–water partition coefficient (Wildman–Crippen LogP) is 1.97. The van der Waals surface area contributed by atoms with Crippen molar-refractivity contribution < 1.29 is 18.3 Å². The van der Waals surface area contributed by atoms with E-state index >= 15 is 0 Å². The van der Waals surface area contributed by atoms with Crippen LogP contribution in [0.15, 0.2) is 14.1 Å². The summed E-state index contributed by atoms with van der Waals surface area (Å²) in [6.45, 7) is 1.80. The summed E-state index contributed by atoms with van der Waals surface area (Å²) < 4.78 is 26.7. The molecule has 0 spiro atoms. The number of thiophene rings is 1. The third-order valence-electron chi connectivity index (χ3n) is 2.52. The van der Waals surface area contributed by atoms with Crippen LogP contribution < -0.4 is 0 Å². The lowest BCUT2D eigenvalue weighted by molar-refractivity contribution is -0.140. The molecule has 0 amide bonds. The highest BCUT2D eigenvalue weighted by Gasteiger charge is 2.40. The molecule has 0 unspecified atom stereocenters. The third kappa shape index (κ3) is 2.46. The van der Waals surface area contributed by atoms with Crippen molar-refractivity contribution in [1.29, 1.82) is 0 Å². The molecule has 18 heavy (non-hydrogen) atoms. The quantitative estimate of drug-likeness (QED) is 0.878. The topological polar surface area (TPSA) is 74.7 Å². The van der Waals surface area contributed by atoms with E-state index in [0.29, 0.717) is 5.75 Å². The van der Waals surface area contributed by atoms with E-state index in [-0.39, 0.29) is 10.1 Å². The molecule has 9 heteroatoms. The second kappa shape index (κ2) is 5.12. The van der Waals surface area contributed by atoms with Gasteiger partial charge in [0, 0.05) is 5.75 Å². The normalized spacial score (nSPS) is 21.3. The van der Waals surface area contributed by atoms with E-state index in [4.69, 9.17) is 5.11 Å². The van der Waals surface area contributed by atoms with Gasteiger partial charge in [0.25, 0.3) is 10.0 Å². The Morgan fingerprint density at radius 3 is 2.78 bits per heavy atom. The van der Waals surface area contributed by atoms with Crippen LogP contribution in [-0.2, 0) is 14.8 Å². The average molecular weight is 372 g/mol. The van der Waals surface area contributed by atoms with Crippen LogP contribution in [-0.4, -0.2) is 41.5 Å². The van der Waals surface area contributed by atoms with Gasteiger partial charge in [-0.15, -0.1) is 23.1 Å². The van der Waals surface area contributed by atoms with Crippen LogP contribution in [0.25, 0.3) is 0 Å². The molecule has 2 heterocycles. The molecule has 1 aromatic heterocycles. The molecular weight excluding hydrogens is 362 g/mol. The molecule has 0 bridgehead atoms. The van der Waals surface area contributed by atoms with E-state index in [1.807, 2.05) is 0 Å². The number of nitrogens with zero attached hydrogens (tertiary/aromatic N) is 1. The lowest BCUT2D eigenvalue weighted by Gasteiger charge is -2.18. The van der Waals surface area contributed by atoms with Gasteiger partial charge in [-0.2, -0.15) is 4.31 Å². The highest BCUT2D eigenvalue weighted by Crippen LogP contribution is 2.35. The van der Waals surface area contributed by atoms with Crippen LogP contribution in [0.1, 0.15) is 5.56 Å². The zero-order valence-electron chi connectivity index (χ0n) is 9.29. The number of hydrogen-bond donors (Lipinski definition) is 1. The van der Waals surface area contributed by atoms with Crippen molar-refractivity contribution in [2.24, 2.45) is 0 Å². The Morgan fingerprint density at radius 1 is 1.61 bits per heavy atom. The monoisotopic (exact) mass is 371 g/mol. The maximum Gasteiger partial charge on any atom is 0.322 e. The van der Waals surface area contributed by atoms with Crippen molar-refractivity contribution in [2.75, 3.05) is 11.6 Å². The van der Waals surface area contributed by atoms with Gasteiger partial charge < -0.3 is 5.11 Å². The van der Waals surface area contributed by atoms with Crippen LogP contribution in [0, 0.1) is 6.92 Å². The summed E-state index contributed by atoms with van der Waals surface area (Å²) in [5.74, 6) is -0.621. The van der Waals surface area contributed by atoms with Crippen molar-refractivity contribution >= 4 is 55.0 Å². The van der Waals surface area contributed by atoms with Crippen LogP contribution in [0.5, 0.6) is 0 Å². The molecule has 5 nitrogen and oxygen atoms in total. The SMILES string of the molecule is Cc1cc(S(=O)(=O)N2CSC[C@H]2C(=O)O)sc1Br. The van der Waals surface area contributed by atoms with Crippen LogP contribution in [0.4, 0.5) is 0 Å². The van der Waals surface area contributed by atoms with Crippen molar-refractivity contribution in [3.8, 4) is 0 Å². The molecule has 2 rings (SSSR count). The van der Waals surface area contributed by atoms with Crippen LogP contribution in [0.2, 0.25) is 0 Å². The zero-order valence-corrected chi connectivity index (χ0v) is 13.3. The van der Waals surface area contributed by atoms with E-state index in [2.05, 4.69) is 15.9 Å². The Labute approximate surface area is 121 Å². The zero-order chi connectivity index (χ0) is 13.5. The van der Waals surface area contributed by atoms with Crippen molar-refractivity contribution in [3.63, 3.8) is 0 Å². The fourth-order valence-corrected chi connectivity index (χ4v) is 7.02. The number of carbonyl (C=O) groups is 1. The molecular formula is C9H10BrNO4S3. The second-order valence-electron chi connectivity index (χ2n) is 3.77. The molecule has 1 N–H and O–H groups in total. The van der Waals surface area contributed by atoms with Gasteiger partial charge in [0.2, 0.25) is 0 Å². The van der Waals surface area contributed by atoms with Gasteiger partial charge in [-0.1, -0.05) is 0 Å². The molecule has 1 saturated heterocycles. The van der Waals surface area contributed by atoms with Gasteiger partial charge in [-0.25, -0.2) is 8.42 Å². The van der Waals surface area contributed by atoms with Crippen LogP contribution >= 0.6 is 39.0 Å². The molecule has 1 aliphatic rings. The average Bonchev–Trinajstić information content (AvgIpc) is 2.87. The largest absolute Gasteiger partial charge is 0.480 e. The lowest BCUT2D eigenvalue weighted by atomic mass is 10.4. The Bertz CT molecular complexity index is 563. The maximum absolute atomic E-state index is 12.4. The number of carboxylic acids is 1. The number of aliphatic carboxylic acids is 1. The number of carboxylic acid groups (broad SMARTS) is 1. The Morgan fingerprint density at radius 2 is 2.28 bits per heavy atom. The Kier molecular flexibility index (Phi) is 4.07. The summed E-state index contributed by atoms with van der Waals surface area (Å²) >= 11 is 5.69. The van der Waals surface area contributed by atoms with Gasteiger partial charge >= 0.3 is 5.97 Å². The van der Waals surface area contributed by atoms with Crippen LogP contribution in [0.3, 0.4) is 0 Å². The first-order chi connectivity index (χ1) is 8.34. The van der Waals surface area contributed by atoms with Gasteiger partial charge in [-0.05, 0) is 34.5 Å². The molecule has 0 radical (unpaired) electrons. The smallest absolute Gasteiger partial charge is 0.322 e. The van der Waals surface area contributed by atoms with E-state index in [9.17, 15) is 13.2 Å². The summed E-state index contributed by atoms with van der Waals surface area (Å²) in [6.07, 6.45) is 0. The minimum atomic E-state index is -3.71. The van der Waals surface area contributed by atoms with Crippen molar-refractivity contribution in [2.45, 2.75) is 17.2 Å². The molecule has 0 saturated carbocycles. The molecule has 0 aromatic carbocycles. The van der Waals surface area contributed by atoms with Gasteiger partial charge in [-0.3, -0.25) is 4.79 Å². The second-order valence-corrected chi connectivity index (χ2v) is 9.26. The summed E-state index contributed by atoms with van der Waals surface area (Å²) in [5.41, 5.74) is 0.831. The summed E-state index contributed by atoms with van der Waals surface area (Å²) in [7, 11) is -3.71. The predicted molar refractivity (Wildman–Crippen MR) is 74.5 cm³/mol. The van der Waals surface area contributed by atoms with Gasteiger partial charge in [0.15, 0.2) is 0 Å². The first-order valence-electron chi connectivity index (χ1n) is 4.92. The molecule has 1 fully saturated rings. The van der Waals surface area contributed by atoms with Gasteiger partial charge in [0.05, 0.1) is 9.66 Å². The molecule has 1 aliphatic heterocycles. The standard InChI is InChI=1S/C9H10BrNO4S3/c1-5-2-7(17-8(5)10)18(14,15)11-4-16-3-6(11)9(12)13/h2,6H,3-4H2,1H3,(H,12,13)/t6-/m0/s1.